The fourth-order valence-corrected chi connectivity index (χ4v) is 1.67. The van der Waals surface area contributed by atoms with Gasteiger partial charge in [-0.15, -0.1) is 0 Å². The van der Waals surface area contributed by atoms with E-state index < -0.39 is 6.03 Å². The van der Waals surface area contributed by atoms with Crippen LogP contribution in [0.5, 0.6) is 0 Å². The van der Waals surface area contributed by atoms with Gasteiger partial charge in [0.2, 0.25) is 0 Å². The van der Waals surface area contributed by atoms with E-state index in [0.717, 1.165) is 0 Å². The normalized spacial score (nSPS) is 9.90. The van der Waals surface area contributed by atoms with Crippen molar-refractivity contribution >= 4 is 34.8 Å². The van der Waals surface area contributed by atoms with Crippen LogP contribution in [0.2, 0.25) is 5.15 Å². The largest absolute Gasteiger partial charge is 0.323 e. The molecule has 1 aromatic carbocycles. The third kappa shape index (κ3) is 3.80. The summed E-state index contributed by atoms with van der Waals surface area (Å²) in [4.78, 5) is 26.9. The standard InChI is InChI=1S/C14H12ClN3O2/c1-9(19)10-3-2-4-11(7-10)17-14(20)18-12-5-6-13(15)16-8-12/h2-8H,1H3,(H2,17,18,20). The first kappa shape index (κ1) is 14.0. The van der Waals surface area contributed by atoms with Gasteiger partial charge in [0.05, 0.1) is 11.9 Å². The van der Waals surface area contributed by atoms with Crippen molar-refractivity contribution in [3.8, 4) is 0 Å². The number of hydrogen-bond donors (Lipinski definition) is 2. The highest BCUT2D eigenvalue weighted by Gasteiger charge is 2.05. The molecule has 2 aromatic rings. The van der Waals surface area contributed by atoms with Crippen molar-refractivity contribution in [2.75, 3.05) is 10.6 Å². The molecule has 0 spiro atoms. The summed E-state index contributed by atoms with van der Waals surface area (Å²) in [5.74, 6) is -0.0593. The first-order valence-electron chi connectivity index (χ1n) is 5.85. The smallest absolute Gasteiger partial charge is 0.308 e. The van der Waals surface area contributed by atoms with E-state index in [4.69, 9.17) is 11.6 Å². The number of rotatable bonds is 3. The van der Waals surface area contributed by atoms with Crippen molar-refractivity contribution in [2.45, 2.75) is 6.92 Å². The summed E-state index contributed by atoms with van der Waals surface area (Å²) in [6.45, 7) is 1.47. The molecular formula is C14H12ClN3O2. The van der Waals surface area contributed by atoms with E-state index in [1.165, 1.54) is 13.1 Å². The zero-order valence-corrected chi connectivity index (χ0v) is 11.4. The van der Waals surface area contributed by atoms with Gasteiger partial charge in [0.15, 0.2) is 5.78 Å². The van der Waals surface area contributed by atoms with Crippen LogP contribution in [-0.4, -0.2) is 16.8 Å². The van der Waals surface area contributed by atoms with E-state index in [1.54, 1.807) is 36.4 Å². The number of Topliss-reactive ketones (excluding diaryl/α,β-unsaturated/α-hetero) is 1. The number of nitrogens with zero attached hydrogens (tertiary/aromatic N) is 1. The van der Waals surface area contributed by atoms with E-state index in [0.29, 0.717) is 22.1 Å². The van der Waals surface area contributed by atoms with Crippen molar-refractivity contribution < 1.29 is 9.59 Å². The minimum atomic E-state index is -0.421. The van der Waals surface area contributed by atoms with Crippen LogP contribution in [0.3, 0.4) is 0 Å². The average Bonchev–Trinajstić information content (AvgIpc) is 2.41. The number of anilines is 2. The van der Waals surface area contributed by atoms with E-state index in [-0.39, 0.29) is 5.78 Å². The van der Waals surface area contributed by atoms with Crippen molar-refractivity contribution in [3.05, 3.63) is 53.3 Å². The molecule has 0 saturated carbocycles. The number of carbonyl (C=O) groups excluding carboxylic acids is 2. The summed E-state index contributed by atoms with van der Waals surface area (Å²) >= 11 is 5.65. The van der Waals surface area contributed by atoms with Crippen LogP contribution < -0.4 is 10.6 Å². The fourth-order valence-electron chi connectivity index (χ4n) is 1.56. The van der Waals surface area contributed by atoms with E-state index in [9.17, 15) is 9.59 Å². The highest BCUT2D eigenvalue weighted by molar-refractivity contribution is 6.29. The van der Waals surface area contributed by atoms with E-state index >= 15 is 0 Å². The second-order valence-corrected chi connectivity index (χ2v) is 4.47. The molecule has 1 aromatic heterocycles. The summed E-state index contributed by atoms with van der Waals surface area (Å²) in [5, 5.41) is 5.60. The quantitative estimate of drug-likeness (QED) is 0.670. The van der Waals surface area contributed by atoms with Crippen molar-refractivity contribution in [3.63, 3.8) is 0 Å². The van der Waals surface area contributed by atoms with Crippen LogP contribution in [-0.2, 0) is 0 Å². The third-order valence-corrected chi connectivity index (χ3v) is 2.74. The van der Waals surface area contributed by atoms with Gasteiger partial charge in [-0.3, -0.25) is 4.79 Å². The first-order valence-corrected chi connectivity index (χ1v) is 6.23. The molecule has 0 bridgehead atoms. The number of aromatic nitrogens is 1. The minimum Gasteiger partial charge on any atom is -0.308 e. The van der Waals surface area contributed by atoms with Gasteiger partial charge in [-0.25, -0.2) is 9.78 Å². The Morgan fingerprint density at radius 3 is 2.50 bits per heavy atom. The molecule has 0 atom stereocenters. The van der Waals surface area contributed by atoms with Gasteiger partial charge < -0.3 is 10.6 Å². The maximum atomic E-state index is 11.8. The number of pyridine rings is 1. The molecule has 6 heteroatoms. The molecule has 0 saturated heterocycles. The van der Waals surface area contributed by atoms with Gasteiger partial charge in [-0.2, -0.15) is 0 Å². The van der Waals surface area contributed by atoms with Gasteiger partial charge in [0, 0.05) is 11.3 Å². The number of nitrogens with one attached hydrogen (secondary N) is 2. The summed E-state index contributed by atoms with van der Waals surface area (Å²) in [6, 6.07) is 9.50. The number of hydrogen-bond acceptors (Lipinski definition) is 3. The van der Waals surface area contributed by atoms with E-state index in [2.05, 4.69) is 15.6 Å². The highest BCUT2D eigenvalue weighted by Crippen LogP contribution is 2.13. The van der Waals surface area contributed by atoms with Gasteiger partial charge in [0.1, 0.15) is 5.15 Å². The van der Waals surface area contributed by atoms with Crippen LogP contribution in [0.25, 0.3) is 0 Å². The average molecular weight is 290 g/mol. The van der Waals surface area contributed by atoms with Crippen LogP contribution in [0.1, 0.15) is 17.3 Å². The van der Waals surface area contributed by atoms with Gasteiger partial charge in [-0.05, 0) is 31.2 Å². The molecule has 0 radical (unpaired) electrons. The molecule has 0 aliphatic heterocycles. The lowest BCUT2D eigenvalue weighted by Crippen LogP contribution is -2.19. The Morgan fingerprint density at radius 1 is 1.10 bits per heavy atom. The number of carbonyl (C=O) groups is 2. The molecule has 5 nitrogen and oxygen atoms in total. The fraction of sp³-hybridized carbons (Fsp3) is 0.0714. The van der Waals surface area contributed by atoms with Crippen molar-refractivity contribution in [2.24, 2.45) is 0 Å². The molecule has 0 unspecified atom stereocenters. The summed E-state index contributed by atoms with van der Waals surface area (Å²) < 4.78 is 0. The van der Waals surface area contributed by atoms with E-state index in [1.807, 2.05) is 0 Å². The molecule has 0 aliphatic carbocycles. The lowest BCUT2D eigenvalue weighted by Gasteiger charge is -2.08. The Hall–Kier alpha value is -2.40. The Bertz CT molecular complexity index is 641. The lowest BCUT2D eigenvalue weighted by atomic mass is 10.1. The predicted molar refractivity (Wildman–Crippen MR) is 78.3 cm³/mol. The number of urea groups is 1. The SMILES string of the molecule is CC(=O)c1cccc(NC(=O)Nc2ccc(Cl)nc2)c1. The Balaban J connectivity index is 2.02. The molecule has 0 fully saturated rings. The zero-order valence-electron chi connectivity index (χ0n) is 10.7. The van der Waals surface area contributed by atoms with Gasteiger partial charge in [-0.1, -0.05) is 23.7 Å². The Morgan fingerprint density at radius 2 is 1.85 bits per heavy atom. The van der Waals surface area contributed by atoms with Crippen LogP contribution in [0.4, 0.5) is 16.2 Å². The zero-order chi connectivity index (χ0) is 14.5. The van der Waals surface area contributed by atoms with Crippen LogP contribution in [0.15, 0.2) is 42.6 Å². The van der Waals surface area contributed by atoms with Crippen molar-refractivity contribution in [1.29, 1.82) is 0 Å². The first-order chi connectivity index (χ1) is 9.54. The van der Waals surface area contributed by atoms with Crippen molar-refractivity contribution in [1.82, 2.24) is 4.98 Å². The monoisotopic (exact) mass is 289 g/mol. The van der Waals surface area contributed by atoms with Crippen LogP contribution >= 0.6 is 11.6 Å². The molecule has 1 heterocycles. The second kappa shape index (κ2) is 6.16. The number of benzene rings is 1. The Labute approximate surface area is 121 Å². The highest BCUT2D eigenvalue weighted by atomic mass is 35.5. The molecular weight excluding hydrogens is 278 g/mol. The number of ketones is 1. The third-order valence-electron chi connectivity index (χ3n) is 2.51. The summed E-state index contributed by atoms with van der Waals surface area (Å²) in [6.07, 6.45) is 1.45. The van der Waals surface area contributed by atoms with Crippen LogP contribution in [0, 0.1) is 0 Å². The Kier molecular flexibility index (Phi) is 4.32. The van der Waals surface area contributed by atoms with Gasteiger partial charge >= 0.3 is 6.03 Å². The molecule has 102 valence electrons. The maximum Gasteiger partial charge on any atom is 0.323 e. The lowest BCUT2D eigenvalue weighted by molar-refractivity contribution is 0.101. The van der Waals surface area contributed by atoms with Gasteiger partial charge in [0.25, 0.3) is 0 Å². The number of halogens is 1. The summed E-state index contributed by atoms with van der Waals surface area (Å²) in [5.41, 5.74) is 1.60. The number of amides is 2. The molecule has 2 N–H and O–H groups in total. The summed E-state index contributed by atoms with van der Waals surface area (Å²) in [7, 11) is 0. The maximum absolute atomic E-state index is 11.8. The molecule has 2 rings (SSSR count). The topological polar surface area (TPSA) is 71.1 Å². The second-order valence-electron chi connectivity index (χ2n) is 4.09. The molecule has 2 amide bonds. The minimum absolute atomic E-state index is 0.0593. The predicted octanol–water partition coefficient (Wildman–Crippen LogP) is 3.58. The molecule has 20 heavy (non-hydrogen) atoms. The molecule has 0 aliphatic rings.